The van der Waals surface area contributed by atoms with Crippen molar-refractivity contribution in [3.63, 3.8) is 0 Å². The van der Waals surface area contributed by atoms with E-state index in [1.807, 2.05) is 0 Å². The normalized spacial score (nSPS) is 8.67. The summed E-state index contributed by atoms with van der Waals surface area (Å²) in [7, 11) is 0. The van der Waals surface area contributed by atoms with E-state index in [-0.39, 0.29) is 31.6 Å². The first kappa shape index (κ1) is 10.9. The van der Waals surface area contributed by atoms with Gasteiger partial charge in [-0.15, -0.1) is 0 Å². The van der Waals surface area contributed by atoms with Crippen molar-refractivity contribution < 1.29 is 35.3 Å². The topological polar surface area (TPSA) is 83.5 Å². The standard InChI is InChI=1S/C7H7NO3.Li.H/c8-4-1-2-6(9)5(3-4)7(10)11;;/h1-3,9H,8H2,(H,10,11);;/q;+1;-1. The molecule has 0 radical (unpaired) electrons. The third kappa shape index (κ3) is 2.19. The number of aromatic carboxylic acids is 1. The van der Waals surface area contributed by atoms with Crippen LogP contribution in [0, 0.1) is 0 Å². The largest absolute Gasteiger partial charge is 1.00 e. The van der Waals surface area contributed by atoms with Crippen LogP contribution in [0.25, 0.3) is 0 Å². The van der Waals surface area contributed by atoms with E-state index in [9.17, 15) is 4.79 Å². The van der Waals surface area contributed by atoms with Crippen LogP contribution in [-0.4, -0.2) is 16.2 Å². The molecule has 0 aliphatic carbocycles. The Labute approximate surface area is 82.7 Å². The molecule has 0 fully saturated rings. The molecule has 1 aromatic rings. The van der Waals surface area contributed by atoms with E-state index in [2.05, 4.69) is 0 Å². The number of phenols is 1. The first-order valence-electron chi connectivity index (χ1n) is 2.93. The zero-order chi connectivity index (χ0) is 8.43. The smallest absolute Gasteiger partial charge is 1.00 e. The molecule has 0 heterocycles. The van der Waals surface area contributed by atoms with Crippen LogP contribution in [0.15, 0.2) is 18.2 Å². The van der Waals surface area contributed by atoms with E-state index in [0.717, 1.165) is 0 Å². The summed E-state index contributed by atoms with van der Waals surface area (Å²) >= 11 is 0. The summed E-state index contributed by atoms with van der Waals surface area (Å²) in [6.07, 6.45) is 0. The molecule has 0 bridgehead atoms. The van der Waals surface area contributed by atoms with E-state index in [4.69, 9.17) is 15.9 Å². The predicted molar refractivity (Wildman–Crippen MR) is 40.6 cm³/mol. The second-order valence-corrected chi connectivity index (χ2v) is 2.08. The number of rotatable bonds is 1. The summed E-state index contributed by atoms with van der Waals surface area (Å²) in [6.45, 7) is 0. The number of aromatic hydroxyl groups is 1. The van der Waals surface area contributed by atoms with Crippen LogP contribution >= 0.6 is 0 Å². The van der Waals surface area contributed by atoms with Gasteiger partial charge in [0.2, 0.25) is 0 Å². The van der Waals surface area contributed by atoms with Gasteiger partial charge in [0.25, 0.3) is 0 Å². The third-order valence-corrected chi connectivity index (χ3v) is 1.25. The molecule has 0 atom stereocenters. The molecule has 0 aromatic heterocycles. The number of hydrogen-bond donors (Lipinski definition) is 3. The van der Waals surface area contributed by atoms with Crippen molar-refractivity contribution in [2.24, 2.45) is 0 Å². The summed E-state index contributed by atoms with van der Waals surface area (Å²) < 4.78 is 0. The first-order valence-corrected chi connectivity index (χ1v) is 2.93. The molecular weight excluding hydrogens is 153 g/mol. The molecule has 0 spiro atoms. The van der Waals surface area contributed by atoms with Gasteiger partial charge in [-0.2, -0.15) is 0 Å². The Bertz CT molecular complexity index is 306. The Hall–Kier alpha value is -1.11. The number of hydrogen-bond acceptors (Lipinski definition) is 3. The number of anilines is 1. The SMILES string of the molecule is Nc1ccc(O)c(C(=O)O)c1.[H-].[Li+]. The zero-order valence-corrected chi connectivity index (χ0v) is 6.61. The molecule has 5 heteroatoms. The molecule has 0 unspecified atom stereocenters. The van der Waals surface area contributed by atoms with Crippen LogP contribution in [0.5, 0.6) is 5.75 Å². The van der Waals surface area contributed by atoms with Gasteiger partial charge in [-0.05, 0) is 18.2 Å². The molecule has 60 valence electrons. The van der Waals surface area contributed by atoms with Crippen LogP contribution in [-0.2, 0) is 0 Å². The maximum Gasteiger partial charge on any atom is 1.00 e. The van der Waals surface area contributed by atoms with E-state index >= 15 is 0 Å². The van der Waals surface area contributed by atoms with Crippen molar-refractivity contribution in [1.29, 1.82) is 0 Å². The minimum atomic E-state index is -1.19. The molecule has 1 rings (SSSR count). The average molecular weight is 161 g/mol. The Morgan fingerprint density at radius 3 is 2.50 bits per heavy atom. The monoisotopic (exact) mass is 161 g/mol. The van der Waals surface area contributed by atoms with Gasteiger partial charge in [0.05, 0.1) is 0 Å². The first-order chi connectivity index (χ1) is 5.11. The number of carboxylic acid groups (broad SMARTS) is 1. The molecule has 1 aromatic carbocycles. The van der Waals surface area contributed by atoms with E-state index in [0.29, 0.717) is 5.69 Å². The third-order valence-electron chi connectivity index (χ3n) is 1.25. The molecule has 0 saturated carbocycles. The van der Waals surface area contributed by atoms with Crippen molar-refractivity contribution in [2.75, 3.05) is 5.73 Å². The van der Waals surface area contributed by atoms with E-state index < -0.39 is 5.97 Å². The van der Waals surface area contributed by atoms with Gasteiger partial charge in [0.1, 0.15) is 11.3 Å². The van der Waals surface area contributed by atoms with Crippen molar-refractivity contribution >= 4 is 11.7 Å². The van der Waals surface area contributed by atoms with Crippen LogP contribution in [0.2, 0.25) is 0 Å². The maximum atomic E-state index is 10.4. The molecule has 12 heavy (non-hydrogen) atoms. The van der Waals surface area contributed by atoms with Crippen LogP contribution in [0.4, 0.5) is 5.69 Å². The molecule has 4 N–H and O–H groups in total. The molecule has 4 nitrogen and oxygen atoms in total. The summed E-state index contributed by atoms with van der Waals surface area (Å²) in [6, 6.07) is 3.89. The molecule has 0 aliphatic rings. The van der Waals surface area contributed by atoms with Crippen molar-refractivity contribution in [1.82, 2.24) is 0 Å². The van der Waals surface area contributed by atoms with Gasteiger partial charge in [0, 0.05) is 5.69 Å². The fourth-order valence-electron chi connectivity index (χ4n) is 0.725. The summed E-state index contributed by atoms with van der Waals surface area (Å²) in [5.74, 6) is -1.46. The molecule has 0 saturated heterocycles. The van der Waals surface area contributed by atoms with Crippen molar-refractivity contribution in [2.45, 2.75) is 0 Å². The van der Waals surface area contributed by atoms with Gasteiger partial charge < -0.3 is 17.4 Å². The Balaban J connectivity index is 0. The van der Waals surface area contributed by atoms with Crippen molar-refractivity contribution in [3.8, 4) is 5.75 Å². The fraction of sp³-hybridized carbons (Fsp3) is 0. The molecule has 0 amide bonds. The minimum absolute atomic E-state index is 0. The van der Waals surface area contributed by atoms with Gasteiger partial charge in [-0.3, -0.25) is 0 Å². The van der Waals surface area contributed by atoms with E-state index in [1.165, 1.54) is 18.2 Å². The second kappa shape index (κ2) is 4.05. The maximum absolute atomic E-state index is 10.4. The van der Waals surface area contributed by atoms with Crippen LogP contribution in [0.1, 0.15) is 11.8 Å². The number of carbonyl (C=O) groups is 1. The Morgan fingerprint density at radius 2 is 2.08 bits per heavy atom. The molecule has 0 aliphatic heterocycles. The second-order valence-electron chi connectivity index (χ2n) is 2.08. The van der Waals surface area contributed by atoms with Gasteiger partial charge in [-0.25, -0.2) is 4.79 Å². The van der Waals surface area contributed by atoms with Crippen LogP contribution in [0.3, 0.4) is 0 Å². The number of carboxylic acids is 1. The van der Waals surface area contributed by atoms with Crippen LogP contribution < -0.4 is 24.6 Å². The fourth-order valence-corrected chi connectivity index (χ4v) is 0.725. The minimum Gasteiger partial charge on any atom is -1.00 e. The zero-order valence-electron chi connectivity index (χ0n) is 7.61. The summed E-state index contributed by atoms with van der Waals surface area (Å²) in [5, 5.41) is 17.4. The quantitative estimate of drug-likeness (QED) is 0.248. The number of benzene rings is 1. The molecular formula is C7H8LiNO3. The summed E-state index contributed by atoms with van der Waals surface area (Å²) in [4.78, 5) is 10.4. The number of nitrogen functional groups attached to an aromatic ring is 1. The number of nitrogens with two attached hydrogens (primary N) is 1. The Kier molecular flexibility index (Phi) is 3.67. The summed E-state index contributed by atoms with van der Waals surface area (Å²) in [5.41, 5.74) is 5.43. The van der Waals surface area contributed by atoms with E-state index in [1.54, 1.807) is 0 Å². The van der Waals surface area contributed by atoms with Crippen molar-refractivity contribution in [3.05, 3.63) is 23.8 Å². The van der Waals surface area contributed by atoms with Gasteiger partial charge in [-0.1, -0.05) is 0 Å². The Morgan fingerprint density at radius 1 is 1.50 bits per heavy atom. The van der Waals surface area contributed by atoms with Gasteiger partial charge >= 0.3 is 24.8 Å². The average Bonchev–Trinajstić information content (AvgIpc) is 1.94. The predicted octanol–water partition coefficient (Wildman–Crippen LogP) is -2.21. The van der Waals surface area contributed by atoms with Gasteiger partial charge in [0.15, 0.2) is 0 Å².